The highest BCUT2D eigenvalue weighted by atomic mass is 16.4. The number of likely N-dealkylation sites (N-methyl/N-ethyl adjacent to an activating group) is 1. The number of carboxylic acid groups (broad SMARTS) is 1. The minimum Gasteiger partial charge on any atom is -0.465 e. The minimum atomic E-state index is -1.09. The zero-order chi connectivity index (χ0) is 12.3. The molecule has 0 aliphatic heterocycles. The maximum absolute atomic E-state index is 11.7. The predicted octanol–water partition coefficient (Wildman–Crippen LogP) is 0.288. The van der Waals surface area contributed by atoms with Crippen LogP contribution in [-0.4, -0.2) is 66.3 Å². The van der Waals surface area contributed by atoms with Gasteiger partial charge in [-0.1, -0.05) is 0 Å². The Kier molecular flexibility index (Phi) is 3.64. The van der Waals surface area contributed by atoms with Crippen molar-refractivity contribution in [3.8, 4) is 0 Å². The number of carbonyl (C=O) groups excluding carboxylic acids is 1. The largest absolute Gasteiger partial charge is 0.465 e. The van der Waals surface area contributed by atoms with Crippen LogP contribution in [0.3, 0.4) is 0 Å². The summed E-state index contributed by atoms with van der Waals surface area (Å²) in [5, 5.41) is 8.83. The van der Waals surface area contributed by atoms with Crippen molar-refractivity contribution in [2.75, 3.05) is 27.7 Å². The Balaban J connectivity index is 2.60. The third-order valence-corrected chi connectivity index (χ3v) is 2.71. The second-order valence-corrected chi connectivity index (χ2v) is 4.25. The monoisotopic (exact) mass is 227 g/mol. The first-order chi connectivity index (χ1) is 7.40. The third kappa shape index (κ3) is 2.57. The molecule has 0 aromatic rings. The van der Waals surface area contributed by atoms with Crippen LogP contribution in [0.5, 0.6) is 0 Å². The molecule has 16 heavy (non-hydrogen) atoms. The van der Waals surface area contributed by atoms with Gasteiger partial charge in [0.2, 0.25) is 0 Å². The fourth-order valence-electron chi connectivity index (χ4n) is 1.40. The van der Waals surface area contributed by atoms with Crippen LogP contribution in [0.2, 0.25) is 0 Å². The zero-order valence-corrected chi connectivity index (χ0v) is 9.80. The summed E-state index contributed by atoms with van der Waals surface area (Å²) >= 11 is 0. The Morgan fingerprint density at radius 1 is 1.38 bits per heavy atom. The third-order valence-electron chi connectivity index (χ3n) is 2.71. The lowest BCUT2D eigenvalue weighted by Crippen LogP contribution is -2.43. The first kappa shape index (κ1) is 12.6. The zero-order valence-electron chi connectivity index (χ0n) is 9.80. The SMILES string of the molecule is CN(C)C/C=N/C(=O)C1(N(C)C(=O)O)CC1. The molecule has 0 atom stereocenters. The van der Waals surface area contributed by atoms with E-state index in [4.69, 9.17) is 5.11 Å². The molecule has 1 rings (SSSR count). The Morgan fingerprint density at radius 3 is 2.31 bits per heavy atom. The van der Waals surface area contributed by atoms with Crippen LogP contribution in [0.25, 0.3) is 0 Å². The van der Waals surface area contributed by atoms with Crippen LogP contribution in [0, 0.1) is 0 Å². The van der Waals surface area contributed by atoms with Crippen LogP contribution in [0.4, 0.5) is 4.79 Å². The molecule has 6 nitrogen and oxygen atoms in total. The number of amides is 2. The normalized spacial score (nSPS) is 17.8. The molecule has 0 radical (unpaired) electrons. The van der Waals surface area contributed by atoms with Gasteiger partial charge in [-0.05, 0) is 26.9 Å². The van der Waals surface area contributed by atoms with E-state index in [9.17, 15) is 9.59 Å². The summed E-state index contributed by atoms with van der Waals surface area (Å²) < 4.78 is 0. The van der Waals surface area contributed by atoms with Gasteiger partial charge in [-0.25, -0.2) is 9.79 Å². The highest BCUT2D eigenvalue weighted by Gasteiger charge is 2.55. The van der Waals surface area contributed by atoms with E-state index in [1.54, 1.807) is 0 Å². The van der Waals surface area contributed by atoms with Crippen molar-refractivity contribution in [1.29, 1.82) is 0 Å². The van der Waals surface area contributed by atoms with Gasteiger partial charge in [0.15, 0.2) is 0 Å². The summed E-state index contributed by atoms with van der Waals surface area (Å²) in [5.74, 6) is -0.362. The van der Waals surface area contributed by atoms with Crippen molar-refractivity contribution < 1.29 is 14.7 Å². The summed E-state index contributed by atoms with van der Waals surface area (Å²) in [4.78, 5) is 29.2. The molecule has 0 heterocycles. The molecule has 1 fully saturated rings. The second-order valence-electron chi connectivity index (χ2n) is 4.25. The quantitative estimate of drug-likeness (QED) is 0.700. The lowest BCUT2D eigenvalue weighted by Gasteiger charge is -2.21. The first-order valence-corrected chi connectivity index (χ1v) is 5.08. The van der Waals surface area contributed by atoms with E-state index in [1.807, 2.05) is 19.0 Å². The molecule has 0 aromatic heterocycles. The topological polar surface area (TPSA) is 73.2 Å². The van der Waals surface area contributed by atoms with Crippen molar-refractivity contribution in [3.05, 3.63) is 0 Å². The predicted molar refractivity (Wildman–Crippen MR) is 59.8 cm³/mol. The molecule has 0 saturated heterocycles. The molecule has 2 amide bonds. The summed E-state index contributed by atoms with van der Waals surface area (Å²) in [6, 6.07) is 0. The van der Waals surface area contributed by atoms with Gasteiger partial charge in [0.05, 0.1) is 0 Å². The average molecular weight is 227 g/mol. The number of aliphatic imine (C=N–C) groups is 1. The summed E-state index contributed by atoms with van der Waals surface area (Å²) in [5.41, 5.74) is -0.894. The van der Waals surface area contributed by atoms with E-state index in [2.05, 4.69) is 4.99 Å². The fraction of sp³-hybridized carbons (Fsp3) is 0.700. The molecule has 1 aliphatic rings. The van der Waals surface area contributed by atoms with Crippen LogP contribution in [0.15, 0.2) is 4.99 Å². The van der Waals surface area contributed by atoms with E-state index in [-0.39, 0.29) is 5.91 Å². The molecule has 0 bridgehead atoms. The van der Waals surface area contributed by atoms with Gasteiger partial charge in [0, 0.05) is 19.8 Å². The van der Waals surface area contributed by atoms with Crippen LogP contribution < -0.4 is 0 Å². The number of carbonyl (C=O) groups is 2. The van der Waals surface area contributed by atoms with Crippen LogP contribution in [0.1, 0.15) is 12.8 Å². The smallest absolute Gasteiger partial charge is 0.407 e. The molecular weight excluding hydrogens is 210 g/mol. The molecule has 0 aromatic carbocycles. The molecule has 1 saturated carbocycles. The Hall–Kier alpha value is -1.43. The van der Waals surface area contributed by atoms with Gasteiger partial charge in [0.1, 0.15) is 5.54 Å². The van der Waals surface area contributed by atoms with Gasteiger partial charge < -0.3 is 10.0 Å². The molecule has 6 heteroatoms. The highest BCUT2D eigenvalue weighted by Crippen LogP contribution is 2.42. The number of rotatable bonds is 4. The van der Waals surface area contributed by atoms with Gasteiger partial charge in [-0.3, -0.25) is 9.69 Å². The van der Waals surface area contributed by atoms with Gasteiger partial charge in [-0.15, -0.1) is 0 Å². The standard InChI is InChI=1S/C10H17N3O3/c1-12(2)7-6-11-8(14)10(4-5-10)13(3)9(15)16/h6H,4-5,7H2,1-3H3,(H,15,16)/b11-6+. The van der Waals surface area contributed by atoms with Crippen molar-refractivity contribution in [1.82, 2.24) is 9.80 Å². The van der Waals surface area contributed by atoms with Crippen molar-refractivity contribution in [2.24, 2.45) is 4.99 Å². The maximum Gasteiger partial charge on any atom is 0.407 e. The molecule has 1 aliphatic carbocycles. The minimum absolute atomic E-state index is 0.362. The molecule has 90 valence electrons. The highest BCUT2D eigenvalue weighted by molar-refractivity contribution is 5.97. The van der Waals surface area contributed by atoms with Gasteiger partial charge in [-0.2, -0.15) is 0 Å². The van der Waals surface area contributed by atoms with E-state index in [1.165, 1.54) is 13.3 Å². The second kappa shape index (κ2) is 4.61. The van der Waals surface area contributed by atoms with Crippen LogP contribution in [-0.2, 0) is 4.79 Å². The summed E-state index contributed by atoms with van der Waals surface area (Å²) in [6.07, 6.45) is 1.55. The fourth-order valence-corrected chi connectivity index (χ4v) is 1.40. The van der Waals surface area contributed by atoms with E-state index < -0.39 is 11.6 Å². The lowest BCUT2D eigenvalue weighted by atomic mass is 10.2. The van der Waals surface area contributed by atoms with Gasteiger partial charge in [0.25, 0.3) is 5.91 Å². The van der Waals surface area contributed by atoms with Crippen molar-refractivity contribution in [2.45, 2.75) is 18.4 Å². The number of hydrogen-bond donors (Lipinski definition) is 1. The van der Waals surface area contributed by atoms with E-state index in [0.29, 0.717) is 19.4 Å². The number of nitrogens with zero attached hydrogens (tertiary/aromatic N) is 3. The summed E-state index contributed by atoms with van der Waals surface area (Å²) in [6.45, 7) is 0.568. The molecular formula is C10H17N3O3. The van der Waals surface area contributed by atoms with Crippen molar-refractivity contribution >= 4 is 18.2 Å². The Labute approximate surface area is 94.6 Å². The van der Waals surface area contributed by atoms with E-state index in [0.717, 1.165) is 4.90 Å². The van der Waals surface area contributed by atoms with Crippen LogP contribution >= 0.6 is 0 Å². The van der Waals surface area contributed by atoms with Gasteiger partial charge >= 0.3 is 6.09 Å². The molecule has 0 unspecified atom stereocenters. The van der Waals surface area contributed by atoms with E-state index >= 15 is 0 Å². The Morgan fingerprint density at radius 2 is 1.94 bits per heavy atom. The number of hydrogen-bond acceptors (Lipinski definition) is 3. The average Bonchev–Trinajstić information content (AvgIpc) is 2.96. The maximum atomic E-state index is 11.7. The Bertz CT molecular complexity index is 321. The first-order valence-electron chi connectivity index (χ1n) is 5.08. The summed E-state index contributed by atoms with van der Waals surface area (Å²) in [7, 11) is 5.15. The van der Waals surface area contributed by atoms with Crippen molar-refractivity contribution in [3.63, 3.8) is 0 Å². The lowest BCUT2D eigenvalue weighted by molar-refractivity contribution is -0.123. The molecule has 1 N–H and O–H groups in total. The molecule has 0 spiro atoms.